The summed E-state index contributed by atoms with van der Waals surface area (Å²) in [5.74, 6) is 0. The van der Waals surface area contributed by atoms with Crippen molar-refractivity contribution in [2.24, 2.45) is 0 Å². The van der Waals surface area contributed by atoms with E-state index in [1.807, 2.05) is 0 Å². The summed E-state index contributed by atoms with van der Waals surface area (Å²) in [5.41, 5.74) is 20.6. The van der Waals surface area contributed by atoms with Crippen LogP contribution in [0.3, 0.4) is 0 Å². The number of nitrogens with zero attached hydrogens (tertiary/aromatic N) is 1. The molecule has 1 heterocycles. The van der Waals surface area contributed by atoms with Crippen molar-refractivity contribution in [2.45, 2.75) is 32.6 Å². The van der Waals surface area contributed by atoms with Gasteiger partial charge in [0.2, 0.25) is 0 Å². The van der Waals surface area contributed by atoms with Crippen LogP contribution in [0.15, 0.2) is 231 Å². The van der Waals surface area contributed by atoms with Crippen LogP contribution in [-0.2, 0) is 11.8 Å². The SMILES string of the molecule is CC1(C)c2ccccc2-c2ccc(-n3c4ccccc4c4cc(-c5cccc(-c6cccc(Cc7ccccc7)c6)c5)ccc43)cc21.Cc1ccc(-c2cccc3ccccc23)cc1. The summed E-state index contributed by atoms with van der Waals surface area (Å²) < 4.78 is 2.45. The van der Waals surface area contributed by atoms with E-state index in [9.17, 15) is 0 Å². The van der Waals surface area contributed by atoms with Gasteiger partial charge >= 0.3 is 0 Å². The molecule has 1 aliphatic rings. The van der Waals surface area contributed by atoms with Gasteiger partial charge in [-0.3, -0.25) is 0 Å². The van der Waals surface area contributed by atoms with Gasteiger partial charge < -0.3 is 4.57 Å². The lowest BCUT2D eigenvalue weighted by atomic mass is 9.82. The highest BCUT2D eigenvalue weighted by molar-refractivity contribution is 6.10. The lowest BCUT2D eigenvalue weighted by molar-refractivity contribution is 0.660. The molecule has 0 saturated heterocycles. The van der Waals surface area contributed by atoms with Crippen molar-refractivity contribution in [1.29, 1.82) is 0 Å². The van der Waals surface area contributed by atoms with Crippen LogP contribution in [0.4, 0.5) is 0 Å². The molecule has 0 saturated carbocycles. The van der Waals surface area contributed by atoms with Crippen LogP contribution in [0.5, 0.6) is 0 Å². The molecule has 0 spiro atoms. The summed E-state index contributed by atoms with van der Waals surface area (Å²) in [6.07, 6.45) is 0.934. The van der Waals surface area contributed by atoms with Crippen LogP contribution in [0, 0.1) is 6.92 Å². The molecule has 0 amide bonds. The van der Waals surface area contributed by atoms with Crippen molar-refractivity contribution in [3.8, 4) is 50.2 Å². The molecule has 10 aromatic carbocycles. The minimum absolute atomic E-state index is 0.0417. The summed E-state index contributed by atoms with van der Waals surface area (Å²) in [5, 5.41) is 5.16. The van der Waals surface area contributed by atoms with Gasteiger partial charge in [-0.2, -0.15) is 0 Å². The van der Waals surface area contributed by atoms with Crippen LogP contribution in [0.25, 0.3) is 82.8 Å². The van der Waals surface area contributed by atoms with Gasteiger partial charge in [-0.1, -0.05) is 214 Å². The maximum atomic E-state index is 2.45. The van der Waals surface area contributed by atoms with Gasteiger partial charge in [0.05, 0.1) is 11.0 Å². The molecule has 0 bridgehead atoms. The molecule has 11 aromatic rings. The third-order valence-electron chi connectivity index (χ3n) is 13.4. The zero-order valence-electron chi connectivity index (χ0n) is 36.6. The average molecular weight is 820 g/mol. The second kappa shape index (κ2) is 16.2. The maximum Gasteiger partial charge on any atom is 0.0541 e. The van der Waals surface area contributed by atoms with E-state index in [0.29, 0.717) is 0 Å². The molecule has 64 heavy (non-hydrogen) atoms. The fourth-order valence-electron chi connectivity index (χ4n) is 10.0. The van der Waals surface area contributed by atoms with Crippen LogP contribution in [-0.4, -0.2) is 4.57 Å². The van der Waals surface area contributed by atoms with E-state index in [1.54, 1.807) is 0 Å². The molecule has 0 unspecified atom stereocenters. The number of hydrogen-bond donors (Lipinski definition) is 0. The standard InChI is InChI=1S/C46H35N.C17H14/c1-46(2)42-20-8-6-18-38(42)39-24-23-37(30-43(39)46)47-44-21-9-7-19-40(44)41-29-36(22-25-45(41)47)35-17-11-16-34(28-35)33-15-10-14-32(27-33)26-31-12-4-3-5-13-31;1-13-9-11-15(12-10-13)17-8-4-6-14-5-2-3-7-16(14)17/h3-25,27-30H,26H2,1-2H3;2-12H,1H3. The Bertz CT molecular complexity index is 3490. The molecule has 12 rings (SSSR count). The molecule has 1 aromatic heterocycles. The molecular formula is C63H49N. The highest BCUT2D eigenvalue weighted by Crippen LogP contribution is 2.49. The Labute approximate surface area is 376 Å². The average Bonchev–Trinajstić information content (AvgIpc) is 3.79. The Morgan fingerprint density at radius 1 is 0.359 bits per heavy atom. The molecular weight excluding hydrogens is 771 g/mol. The van der Waals surface area contributed by atoms with Crippen LogP contribution in [0.1, 0.15) is 41.7 Å². The van der Waals surface area contributed by atoms with Crippen molar-refractivity contribution in [3.63, 3.8) is 0 Å². The highest BCUT2D eigenvalue weighted by Gasteiger charge is 2.35. The number of aromatic nitrogens is 1. The monoisotopic (exact) mass is 819 g/mol. The van der Waals surface area contributed by atoms with Gasteiger partial charge in [0.25, 0.3) is 0 Å². The Kier molecular flexibility index (Phi) is 9.90. The van der Waals surface area contributed by atoms with Gasteiger partial charge in [0.1, 0.15) is 0 Å². The van der Waals surface area contributed by atoms with E-state index in [-0.39, 0.29) is 5.41 Å². The molecule has 306 valence electrons. The van der Waals surface area contributed by atoms with Gasteiger partial charge in [0.15, 0.2) is 0 Å². The van der Waals surface area contributed by atoms with Crippen molar-refractivity contribution < 1.29 is 0 Å². The van der Waals surface area contributed by atoms with Gasteiger partial charge in [-0.25, -0.2) is 0 Å². The van der Waals surface area contributed by atoms with Gasteiger partial charge in [-0.05, 0) is 127 Å². The number of rotatable bonds is 6. The first-order chi connectivity index (χ1) is 31.4. The van der Waals surface area contributed by atoms with E-state index in [1.165, 1.54) is 111 Å². The molecule has 0 fully saturated rings. The number of para-hydroxylation sites is 1. The van der Waals surface area contributed by atoms with Crippen LogP contribution in [0.2, 0.25) is 0 Å². The first-order valence-corrected chi connectivity index (χ1v) is 22.5. The number of fused-ring (bicyclic) bond motifs is 7. The second-order valence-electron chi connectivity index (χ2n) is 17.8. The van der Waals surface area contributed by atoms with Crippen LogP contribution >= 0.6 is 0 Å². The highest BCUT2D eigenvalue weighted by atomic mass is 15.0. The predicted molar refractivity (Wildman–Crippen MR) is 273 cm³/mol. The zero-order valence-corrected chi connectivity index (χ0v) is 36.6. The summed E-state index contributed by atoms with van der Waals surface area (Å²) >= 11 is 0. The van der Waals surface area contributed by atoms with E-state index in [2.05, 4.69) is 256 Å². The Morgan fingerprint density at radius 2 is 0.938 bits per heavy atom. The molecule has 1 heteroatoms. The molecule has 1 nitrogen and oxygen atoms in total. The first kappa shape index (κ1) is 39.1. The zero-order chi connectivity index (χ0) is 43.2. The largest absolute Gasteiger partial charge is 0.309 e. The predicted octanol–water partition coefficient (Wildman–Crippen LogP) is 16.8. The maximum absolute atomic E-state index is 2.45. The summed E-state index contributed by atoms with van der Waals surface area (Å²) in [4.78, 5) is 0. The lowest BCUT2D eigenvalue weighted by Crippen LogP contribution is -2.15. The normalized spacial score (nSPS) is 12.5. The van der Waals surface area contributed by atoms with E-state index < -0.39 is 0 Å². The summed E-state index contributed by atoms with van der Waals surface area (Å²) in [6, 6.07) is 84.1. The molecule has 0 radical (unpaired) electrons. The topological polar surface area (TPSA) is 4.93 Å². The Morgan fingerprint density at radius 3 is 1.77 bits per heavy atom. The summed E-state index contributed by atoms with van der Waals surface area (Å²) in [6.45, 7) is 6.83. The molecule has 0 atom stereocenters. The number of aryl methyl sites for hydroxylation is 1. The quantitative estimate of drug-likeness (QED) is 0.157. The smallest absolute Gasteiger partial charge is 0.0541 e. The third-order valence-corrected chi connectivity index (χ3v) is 13.4. The second-order valence-corrected chi connectivity index (χ2v) is 17.8. The number of benzene rings is 10. The van der Waals surface area contributed by atoms with E-state index in [4.69, 9.17) is 0 Å². The van der Waals surface area contributed by atoms with Crippen molar-refractivity contribution in [2.75, 3.05) is 0 Å². The van der Waals surface area contributed by atoms with Crippen molar-refractivity contribution in [1.82, 2.24) is 4.57 Å². The van der Waals surface area contributed by atoms with Crippen molar-refractivity contribution in [3.05, 3.63) is 258 Å². The van der Waals surface area contributed by atoms with E-state index in [0.717, 1.165) is 6.42 Å². The van der Waals surface area contributed by atoms with Gasteiger partial charge in [0, 0.05) is 21.9 Å². The minimum Gasteiger partial charge on any atom is -0.309 e. The van der Waals surface area contributed by atoms with E-state index >= 15 is 0 Å². The first-order valence-electron chi connectivity index (χ1n) is 22.5. The number of hydrogen-bond acceptors (Lipinski definition) is 0. The lowest BCUT2D eigenvalue weighted by Gasteiger charge is -2.22. The fourth-order valence-corrected chi connectivity index (χ4v) is 10.0. The summed E-state index contributed by atoms with van der Waals surface area (Å²) in [7, 11) is 0. The molecule has 0 aliphatic heterocycles. The molecule has 0 N–H and O–H groups in total. The minimum atomic E-state index is -0.0417. The van der Waals surface area contributed by atoms with Gasteiger partial charge in [-0.15, -0.1) is 0 Å². The van der Waals surface area contributed by atoms with Crippen molar-refractivity contribution >= 4 is 32.6 Å². The Balaban J connectivity index is 0.000000224. The third kappa shape index (κ3) is 7.10. The Hall–Kier alpha value is -7.74. The molecule has 1 aliphatic carbocycles. The van der Waals surface area contributed by atoms with Crippen LogP contribution < -0.4 is 0 Å². The fraction of sp³-hybridized carbons (Fsp3) is 0.0794.